The number of anilines is 2. The molecule has 1 aliphatic heterocycles. The first kappa shape index (κ1) is 19.4. The third-order valence-electron chi connectivity index (χ3n) is 4.89. The molecule has 3 aromatic heterocycles. The van der Waals surface area contributed by atoms with E-state index in [1.54, 1.807) is 19.0 Å². The standard InChI is InChI=1S/C22H16N4O3S2/c1-13-11-18(27)25(22(13)28)26(20-16-9-10-30-21(16)24-12-23-20)19-8-7-17(31-19)14-3-5-15(29-2)6-4-14/h3-12H,1-2H3. The molecule has 0 unspecified atom stereocenters. The largest absolute Gasteiger partial charge is 0.497 e. The summed E-state index contributed by atoms with van der Waals surface area (Å²) in [7, 11) is 1.63. The summed E-state index contributed by atoms with van der Waals surface area (Å²) >= 11 is 2.94. The number of ether oxygens (including phenoxy) is 1. The maximum absolute atomic E-state index is 12.9. The number of methoxy groups -OCH3 is 1. The van der Waals surface area contributed by atoms with E-state index in [4.69, 9.17) is 4.74 Å². The lowest BCUT2D eigenvalue weighted by molar-refractivity contribution is -0.137. The first-order valence-electron chi connectivity index (χ1n) is 9.36. The van der Waals surface area contributed by atoms with Crippen LogP contribution in [0.25, 0.3) is 20.7 Å². The van der Waals surface area contributed by atoms with Crippen molar-refractivity contribution in [2.75, 3.05) is 12.1 Å². The molecule has 0 fully saturated rings. The van der Waals surface area contributed by atoms with Crippen LogP contribution in [0.4, 0.5) is 10.8 Å². The van der Waals surface area contributed by atoms with Gasteiger partial charge in [0.15, 0.2) is 5.82 Å². The number of imide groups is 1. The van der Waals surface area contributed by atoms with Crippen LogP contribution >= 0.6 is 22.7 Å². The summed E-state index contributed by atoms with van der Waals surface area (Å²) in [5.74, 6) is 0.493. The molecule has 9 heteroatoms. The Balaban J connectivity index is 1.63. The van der Waals surface area contributed by atoms with Crippen LogP contribution in [0, 0.1) is 0 Å². The molecule has 7 nitrogen and oxygen atoms in total. The number of aromatic nitrogens is 2. The van der Waals surface area contributed by atoms with Crippen molar-refractivity contribution in [3.05, 3.63) is 65.8 Å². The Bertz CT molecular complexity index is 1340. The lowest BCUT2D eigenvalue weighted by Gasteiger charge is -2.30. The number of fused-ring (bicyclic) bond motifs is 1. The highest BCUT2D eigenvalue weighted by atomic mass is 32.1. The average molecular weight is 449 g/mol. The Morgan fingerprint density at radius 3 is 2.55 bits per heavy atom. The number of rotatable bonds is 5. The molecule has 1 aliphatic rings. The van der Waals surface area contributed by atoms with Crippen LogP contribution in [0.1, 0.15) is 6.92 Å². The quantitative estimate of drug-likeness (QED) is 0.409. The zero-order valence-electron chi connectivity index (χ0n) is 16.6. The molecule has 0 bridgehead atoms. The van der Waals surface area contributed by atoms with Crippen molar-refractivity contribution in [1.29, 1.82) is 0 Å². The van der Waals surface area contributed by atoms with Gasteiger partial charge in [0.05, 0.1) is 12.5 Å². The van der Waals surface area contributed by atoms with Crippen molar-refractivity contribution in [1.82, 2.24) is 15.0 Å². The molecule has 0 radical (unpaired) electrons. The van der Waals surface area contributed by atoms with Gasteiger partial charge in [0.25, 0.3) is 11.8 Å². The number of amides is 2. The normalized spacial score (nSPS) is 13.7. The van der Waals surface area contributed by atoms with Crippen molar-refractivity contribution in [3.63, 3.8) is 0 Å². The van der Waals surface area contributed by atoms with Gasteiger partial charge in [-0.2, -0.15) is 5.01 Å². The van der Waals surface area contributed by atoms with Crippen molar-refractivity contribution < 1.29 is 14.3 Å². The number of carbonyl (C=O) groups excluding carboxylic acids is 2. The Morgan fingerprint density at radius 2 is 1.84 bits per heavy atom. The van der Waals surface area contributed by atoms with Gasteiger partial charge in [0, 0.05) is 16.5 Å². The summed E-state index contributed by atoms with van der Waals surface area (Å²) < 4.78 is 5.24. The van der Waals surface area contributed by atoms with E-state index in [-0.39, 0.29) is 5.91 Å². The second kappa shape index (κ2) is 7.60. The first-order chi connectivity index (χ1) is 15.1. The second-order valence-corrected chi connectivity index (χ2v) is 8.75. The van der Waals surface area contributed by atoms with Gasteiger partial charge in [0.1, 0.15) is 21.9 Å². The van der Waals surface area contributed by atoms with Crippen molar-refractivity contribution in [2.24, 2.45) is 0 Å². The average Bonchev–Trinajstić information content (AvgIpc) is 3.51. The summed E-state index contributed by atoms with van der Waals surface area (Å²) in [6, 6.07) is 13.5. The summed E-state index contributed by atoms with van der Waals surface area (Å²) in [5, 5.41) is 6.11. The van der Waals surface area contributed by atoms with Gasteiger partial charge >= 0.3 is 0 Å². The van der Waals surface area contributed by atoms with E-state index >= 15 is 0 Å². The fraction of sp³-hybridized carbons (Fsp3) is 0.0909. The molecule has 4 aromatic rings. The van der Waals surface area contributed by atoms with Crippen molar-refractivity contribution >= 4 is 55.5 Å². The van der Waals surface area contributed by atoms with E-state index in [1.165, 1.54) is 35.1 Å². The monoisotopic (exact) mass is 448 g/mol. The maximum atomic E-state index is 12.9. The highest BCUT2D eigenvalue weighted by Gasteiger charge is 2.37. The van der Waals surface area contributed by atoms with Gasteiger partial charge in [-0.05, 0) is 60.3 Å². The van der Waals surface area contributed by atoms with Gasteiger partial charge in [-0.25, -0.2) is 15.0 Å². The van der Waals surface area contributed by atoms with Gasteiger partial charge < -0.3 is 4.74 Å². The predicted molar refractivity (Wildman–Crippen MR) is 121 cm³/mol. The number of carbonyl (C=O) groups is 2. The fourth-order valence-corrected chi connectivity index (χ4v) is 5.09. The number of hydrogen-bond acceptors (Lipinski definition) is 8. The summed E-state index contributed by atoms with van der Waals surface area (Å²) in [5.41, 5.74) is 1.39. The smallest absolute Gasteiger partial charge is 0.276 e. The number of hydrogen-bond donors (Lipinski definition) is 0. The molecule has 5 rings (SSSR count). The maximum Gasteiger partial charge on any atom is 0.276 e. The SMILES string of the molecule is COc1ccc(-c2ccc(N(c3ncnc4sccc34)N3C(=O)C=C(C)C3=O)s2)cc1. The minimum atomic E-state index is -0.399. The van der Waals surface area contributed by atoms with E-state index in [1.807, 2.05) is 47.8 Å². The third-order valence-corrected chi connectivity index (χ3v) is 6.83. The molecular formula is C22H16N4O3S2. The lowest BCUT2D eigenvalue weighted by atomic mass is 10.2. The van der Waals surface area contributed by atoms with Crippen LogP contribution in [0.3, 0.4) is 0 Å². The summed E-state index contributed by atoms with van der Waals surface area (Å²) in [6.07, 6.45) is 2.80. The zero-order chi connectivity index (χ0) is 21.5. The number of thiophene rings is 2. The molecule has 2 amide bonds. The number of benzene rings is 1. The minimum Gasteiger partial charge on any atom is -0.497 e. The molecule has 154 valence electrons. The van der Waals surface area contributed by atoms with Crippen LogP contribution in [0.15, 0.2) is 65.8 Å². The van der Waals surface area contributed by atoms with Crippen LogP contribution in [-0.2, 0) is 9.59 Å². The summed E-state index contributed by atoms with van der Waals surface area (Å²) in [4.78, 5) is 36.1. The topological polar surface area (TPSA) is 75.6 Å². The van der Waals surface area contributed by atoms with Gasteiger partial charge in [-0.1, -0.05) is 0 Å². The zero-order valence-corrected chi connectivity index (χ0v) is 18.2. The van der Waals surface area contributed by atoms with Gasteiger partial charge in [0.2, 0.25) is 0 Å². The molecule has 0 aliphatic carbocycles. The molecule has 0 saturated heterocycles. The van der Waals surface area contributed by atoms with Crippen molar-refractivity contribution in [2.45, 2.75) is 6.92 Å². The van der Waals surface area contributed by atoms with E-state index in [0.717, 1.165) is 31.4 Å². The fourth-order valence-electron chi connectivity index (χ4n) is 3.36. The molecule has 31 heavy (non-hydrogen) atoms. The number of hydrazine groups is 1. The molecule has 0 spiro atoms. The molecule has 0 N–H and O–H groups in total. The number of nitrogens with zero attached hydrogens (tertiary/aromatic N) is 4. The van der Waals surface area contributed by atoms with E-state index < -0.39 is 5.91 Å². The first-order valence-corrected chi connectivity index (χ1v) is 11.1. The highest BCUT2D eigenvalue weighted by Crippen LogP contribution is 2.41. The van der Waals surface area contributed by atoms with Crippen LogP contribution in [-0.4, -0.2) is 33.9 Å². The van der Waals surface area contributed by atoms with E-state index in [0.29, 0.717) is 16.4 Å². The molecule has 1 aromatic carbocycles. The Kier molecular flexibility index (Phi) is 4.76. The predicted octanol–water partition coefficient (Wildman–Crippen LogP) is 4.80. The molecular weight excluding hydrogens is 432 g/mol. The van der Waals surface area contributed by atoms with Gasteiger partial charge in [-0.3, -0.25) is 9.59 Å². The van der Waals surface area contributed by atoms with Crippen molar-refractivity contribution in [3.8, 4) is 16.2 Å². The van der Waals surface area contributed by atoms with Crippen LogP contribution < -0.4 is 9.75 Å². The molecule has 4 heterocycles. The van der Waals surface area contributed by atoms with Crippen LogP contribution in [0.2, 0.25) is 0 Å². The summed E-state index contributed by atoms with van der Waals surface area (Å²) in [6.45, 7) is 1.63. The van der Waals surface area contributed by atoms with E-state index in [9.17, 15) is 9.59 Å². The Morgan fingerprint density at radius 1 is 1.03 bits per heavy atom. The highest BCUT2D eigenvalue weighted by molar-refractivity contribution is 7.19. The third kappa shape index (κ3) is 3.28. The molecule has 0 atom stereocenters. The van der Waals surface area contributed by atoms with Crippen LogP contribution in [0.5, 0.6) is 5.75 Å². The van der Waals surface area contributed by atoms with Gasteiger partial charge in [-0.15, -0.1) is 22.7 Å². The van der Waals surface area contributed by atoms with E-state index in [2.05, 4.69) is 9.97 Å². The Hall–Kier alpha value is -3.56. The Labute approximate surface area is 185 Å². The molecule has 0 saturated carbocycles. The lowest BCUT2D eigenvalue weighted by Crippen LogP contribution is -2.44. The second-order valence-electron chi connectivity index (χ2n) is 6.80. The minimum absolute atomic E-state index is 0.369.